The van der Waals surface area contributed by atoms with E-state index in [1.807, 2.05) is 18.2 Å². The Morgan fingerprint density at radius 3 is 2.31 bits per heavy atom. The van der Waals surface area contributed by atoms with Gasteiger partial charge in [-0.1, -0.05) is 53.9 Å². The van der Waals surface area contributed by atoms with Gasteiger partial charge in [-0.05, 0) is 54.4 Å². The van der Waals surface area contributed by atoms with Gasteiger partial charge in [0.05, 0.1) is 23.2 Å². The van der Waals surface area contributed by atoms with Crippen molar-refractivity contribution in [2.45, 2.75) is 28.0 Å². The summed E-state index contributed by atoms with van der Waals surface area (Å²) in [4.78, 5) is 28.1. The predicted octanol–water partition coefficient (Wildman–Crippen LogP) is 6.13. The largest absolute Gasteiger partial charge is 0.459 e. The van der Waals surface area contributed by atoms with Crippen LogP contribution in [0.3, 0.4) is 0 Å². The molecule has 158 valence electrons. The average molecular weight is 459 g/mol. The Bertz CT molecular complexity index is 1340. The van der Waals surface area contributed by atoms with Gasteiger partial charge in [0, 0.05) is 15.2 Å². The molecule has 1 fully saturated rings. The van der Waals surface area contributed by atoms with Crippen LogP contribution >= 0.6 is 23.5 Å². The van der Waals surface area contributed by atoms with Gasteiger partial charge in [-0.3, -0.25) is 14.9 Å². The number of benzene rings is 3. The normalized spacial score (nSPS) is 17.4. The van der Waals surface area contributed by atoms with Gasteiger partial charge in [0.1, 0.15) is 11.3 Å². The number of amides is 2. The van der Waals surface area contributed by atoms with Crippen molar-refractivity contribution in [1.29, 1.82) is 0 Å². The zero-order chi connectivity index (χ0) is 21.7. The van der Waals surface area contributed by atoms with Gasteiger partial charge >= 0.3 is 0 Å². The summed E-state index contributed by atoms with van der Waals surface area (Å²) in [5.74, 6) is 0.657. The highest BCUT2D eigenvalue weighted by Crippen LogP contribution is 2.48. The maximum atomic E-state index is 11.9. The van der Waals surface area contributed by atoms with Crippen LogP contribution in [0.2, 0.25) is 0 Å². The molecule has 0 spiro atoms. The molecule has 0 radical (unpaired) electrons. The smallest absolute Gasteiger partial charge is 0.286 e. The highest BCUT2D eigenvalue weighted by Gasteiger charge is 2.31. The molecule has 1 N–H and O–H groups in total. The molecule has 0 aliphatic carbocycles. The molecule has 0 saturated carbocycles. The quantitative estimate of drug-likeness (QED) is 0.397. The molecule has 2 aliphatic heterocycles. The minimum absolute atomic E-state index is 0.215. The van der Waals surface area contributed by atoms with Crippen LogP contribution in [0.25, 0.3) is 11.0 Å². The van der Waals surface area contributed by atoms with Crippen LogP contribution in [-0.4, -0.2) is 16.4 Å². The number of carbonyl (C=O) groups is 2. The zero-order valence-corrected chi connectivity index (χ0v) is 18.5. The van der Waals surface area contributed by atoms with Crippen molar-refractivity contribution in [3.05, 3.63) is 84.1 Å². The van der Waals surface area contributed by atoms with Crippen LogP contribution < -0.4 is 10.2 Å². The van der Waals surface area contributed by atoms with E-state index in [0.717, 1.165) is 34.1 Å². The number of nitrogens with one attached hydrogen (secondary N) is 1. The Morgan fingerprint density at radius 1 is 0.906 bits per heavy atom. The second kappa shape index (κ2) is 7.76. The first-order valence-corrected chi connectivity index (χ1v) is 12.0. The molecule has 32 heavy (non-hydrogen) atoms. The predicted molar refractivity (Wildman–Crippen MR) is 128 cm³/mol. The third-order valence-corrected chi connectivity index (χ3v) is 7.78. The van der Waals surface area contributed by atoms with Gasteiger partial charge in [0.2, 0.25) is 5.91 Å². The van der Waals surface area contributed by atoms with Gasteiger partial charge in [-0.2, -0.15) is 0 Å². The van der Waals surface area contributed by atoms with Crippen LogP contribution in [0.1, 0.15) is 11.3 Å². The molecule has 2 amide bonds. The van der Waals surface area contributed by atoms with Crippen LogP contribution in [0.4, 0.5) is 16.2 Å². The van der Waals surface area contributed by atoms with Crippen molar-refractivity contribution < 1.29 is 14.0 Å². The summed E-state index contributed by atoms with van der Waals surface area (Å²) in [6, 6.07) is 24.9. The van der Waals surface area contributed by atoms with E-state index in [9.17, 15) is 9.59 Å². The lowest BCUT2D eigenvalue weighted by atomic mass is 10.1. The molecular weight excluding hydrogens is 440 g/mol. The highest BCUT2D eigenvalue weighted by atomic mass is 32.2. The van der Waals surface area contributed by atoms with Crippen molar-refractivity contribution >= 4 is 57.0 Å². The van der Waals surface area contributed by atoms with Crippen LogP contribution in [0.5, 0.6) is 0 Å². The molecule has 1 aromatic heterocycles. The van der Waals surface area contributed by atoms with Gasteiger partial charge in [-0.25, -0.2) is 0 Å². The molecule has 2 aliphatic rings. The second-order valence-electron chi connectivity index (χ2n) is 7.80. The number of furan rings is 1. The molecule has 3 aromatic carbocycles. The van der Waals surface area contributed by atoms with E-state index in [1.165, 1.54) is 21.2 Å². The fraction of sp³-hybridized carbons (Fsp3) is 0.120. The third-order valence-electron chi connectivity index (χ3n) is 5.67. The summed E-state index contributed by atoms with van der Waals surface area (Å²) < 4.78 is 6.18. The fourth-order valence-electron chi connectivity index (χ4n) is 4.20. The lowest BCUT2D eigenvalue weighted by molar-refractivity contribution is -0.118. The Balaban J connectivity index is 1.31. The Morgan fingerprint density at radius 2 is 1.62 bits per heavy atom. The standard InChI is InChI=1S/C25H18N2O3S2/c28-24-23(32-25(29)26-24)12-15-9-10-20-16(11-15)13-17(30-20)14-27-18-5-1-3-7-21(18)31-22-8-4-2-6-19(22)27/h1-11,13,23H,12,14H2,(H,26,28,29). The first-order valence-electron chi connectivity index (χ1n) is 10.3. The monoisotopic (exact) mass is 458 g/mol. The molecule has 1 atom stereocenters. The number of para-hydroxylation sites is 2. The summed E-state index contributed by atoms with van der Waals surface area (Å²) in [6.07, 6.45) is 0.517. The van der Waals surface area contributed by atoms with Gasteiger partial charge in [-0.15, -0.1) is 0 Å². The number of thioether (sulfide) groups is 1. The molecule has 6 rings (SSSR count). The van der Waals surface area contributed by atoms with Crippen LogP contribution in [0, 0.1) is 0 Å². The summed E-state index contributed by atoms with van der Waals surface area (Å²) in [5.41, 5.74) is 4.17. The van der Waals surface area contributed by atoms with Gasteiger partial charge in [0.25, 0.3) is 5.24 Å². The Kier molecular flexibility index (Phi) is 4.73. The number of hydrogen-bond donors (Lipinski definition) is 1. The summed E-state index contributed by atoms with van der Waals surface area (Å²) in [5, 5.41) is 2.71. The van der Waals surface area contributed by atoms with Crippen molar-refractivity contribution in [1.82, 2.24) is 5.32 Å². The van der Waals surface area contributed by atoms with E-state index in [-0.39, 0.29) is 16.4 Å². The minimum Gasteiger partial charge on any atom is -0.459 e. The van der Waals surface area contributed by atoms with Gasteiger partial charge in [0.15, 0.2) is 0 Å². The van der Waals surface area contributed by atoms with Crippen molar-refractivity contribution in [3.63, 3.8) is 0 Å². The molecule has 0 bridgehead atoms. The van der Waals surface area contributed by atoms with E-state index >= 15 is 0 Å². The van der Waals surface area contributed by atoms with Gasteiger partial charge < -0.3 is 9.32 Å². The second-order valence-corrected chi connectivity index (χ2v) is 10.1. The molecule has 5 nitrogen and oxygen atoms in total. The zero-order valence-electron chi connectivity index (χ0n) is 16.9. The summed E-state index contributed by atoms with van der Waals surface area (Å²) in [7, 11) is 0. The van der Waals surface area contributed by atoms with E-state index in [2.05, 4.69) is 64.8 Å². The number of anilines is 2. The number of imide groups is 1. The molecule has 1 unspecified atom stereocenters. The summed E-state index contributed by atoms with van der Waals surface area (Å²) in [6.45, 7) is 0.619. The lowest BCUT2D eigenvalue weighted by Gasteiger charge is -2.32. The molecule has 3 heterocycles. The highest BCUT2D eigenvalue weighted by molar-refractivity contribution is 8.15. The SMILES string of the molecule is O=C1NC(=O)C(Cc2ccc3oc(CN4c5ccccc5Sc5ccccc54)cc3c2)S1. The number of carbonyl (C=O) groups excluding carboxylic acids is 2. The molecule has 1 saturated heterocycles. The van der Waals surface area contributed by atoms with Crippen LogP contribution in [-0.2, 0) is 17.8 Å². The number of rotatable bonds is 4. The van der Waals surface area contributed by atoms with Crippen molar-refractivity contribution in [2.75, 3.05) is 4.90 Å². The minimum atomic E-state index is -0.370. The number of hydrogen-bond acceptors (Lipinski definition) is 6. The summed E-state index contributed by atoms with van der Waals surface area (Å²) >= 11 is 2.85. The molecule has 4 aromatic rings. The van der Waals surface area contributed by atoms with E-state index in [1.54, 1.807) is 11.8 Å². The van der Waals surface area contributed by atoms with Crippen LogP contribution in [0.15, 0.2) is 87.0 Å². The number of nitrogens with zero attached hydrogens (tertiary/aromatic N) is 1. The maximum absolute atomic E-state index is 11.9. The maximum Gasteiger partial charge on any atom is 0.286 e. The van der Waals surface area contributed by atoms with E-state index in [0.29, 0.717) is 13.0 Å². The van der Waals surface area contributed by atoms with Crippen molar-refractivity contribution in [3.8, 4) is 0 Å². The Labute approximate surface area is 193 Å². The molecular formula is C25H18N2O3S2. The molecule has 7 heteroatoms. The Hall–Kier alpha value is -3.16. The first kappa shape index (κ1) is 19.5. The third kappa shape index (κ3) is 3.47. The topological polar surface area (TPSA) is 62.6 Å². The average Bonchev–Trinajstić information content (AvgIpc) is 3.34. The fourth-order valence-corrected chi connectivity index (χ4v) is 6.16. The number of fused-ring (bicyclic) bond motifs is 3. The van der Waals surface area contributed by atoms with E-state index < -0.39 is 0 Å². The van der Waals surface area contributed by atoms with E-state index in [4.69, 9.17) is 4.42 Å². The first-order chi connectivity index (χ1) is 15.6. The lowest BCUT2D eigenvalue weighted by Crippen LogP contribution is -2.25. The van der Waals surface area contributed by atoms with Crippen molar-refractivity contribution in [2.24, 2.45) is 0 Å².